The van der Waals surface area contributed by atoms with E-state index in [1.54, 1.807) is 6.20 Å². The second kappa shape index (κ2) is 7.97. The molecule has 5 heteroatoms. The Balaban J connectivity index is 1.59. The Bertz CT molecular complexity index is 554. The number of hydrogen-bond donors (Lipinski definition) is 1. The first-order valence-corrected chi connectivity index (χ1v) is 9.32. The van der Waals surface area contributed by atoms with Crippen molar-refractivity contribution in [2.75, 3.05) is 44.7 Å². The third kappa shape index (κ3) is 4.07. The molecule has 1 aromatic heterocycles. The van der Waals surface area contributed by atoms with Crippen LogP contribution < -0.4 is 10.2 Å². The number of nitrogens with one attached hydrogen (secondary N) is 1. The highest BCUT2D eigenvalue weighted by atomic mass is 16.2. The molecular formula is C19H30N4O. The average Bonchev–Trinajstić information content (AvgIpc) is 3.06. The van der Waals surface area contributed by atoms with Gasteiger partial charge in [0, 0.05) is 37.9 Å². The maximum Gasteiger partial charge on any atom is 0.254 e. The number of nitrogens with zero attached hydrogens (tertiary/aromatic N) is 3. The summed E-state index contributed by atoms with van der Waals surface area (Å²) in [4.78, 5) is 21.6. The highest BCUT2D eigenvalue weighted by molar-refractivity contribution is 5.94. The zero-order valence-electron chi connectivity index (χ0n) is 15.0. The maximum absolute atomic E-state index is 12.8. The topological polar surface area (TPSA) is 48.5 Å². The lowest BCUT2D eigenvalue weighted by Gasteiger charge is -2.32. The zero-order chi connectivity index (χ0) is 16.9. The van der Waals surface area contributed by atoms with E-state index in [1.807, 2.05) is 24.1 Å². The van der Waals surface area contributed by atoms with E-state index < -0.39 is 0 Å². The van der Waals surface area contributed by atoms with Gasteiger partial charge in [-0.3, -0.25) is 4.79 Å². The quantitative estimate of drug-likeness (QED) is 0.900. The van der Waals surface area contributed by atoms with Gasteiger partial charge in [0.05, 0.1) is 0 Å². The smallest absolute Gasteiger partial charge is 0.254 e. The molecule has 24 heavy (non-hydrogen) atoms. The second-order valence-electron chi connectivity index (χ2n) is 7.37. The molecule has 1 atom stereocenters. The van der Waals surface area contributed by atoms with Gasteiger partial charge in [-0.1, -0.05) is 6.92 Å². The van der Waals surface area contributed by atoms with Gasteiger partial charge in [-0.25, -0.2) is 4.98 Å². The van der Waals surface area contributed by atoms with E-state index in [2.05, 4.69) is 22.1 Å². The summed E-state index contributed by atoms with van der Waals surface area (Å²) in [5.74, 6) is 2.58. The minimum absolute atomic E-state index is 0.165. The van der Waals surface area contributed by atoms with E-state index in [9.17, 15) is 4.79 Å². The van der Waals surface area contributed by atoms with Gasteiger partial charge in [0.2, 0.25) is 0 Å². The van der Waals surface area contributed by atoms with Crippen molar-refractivity contribution in [2.45, 2.75) is 32.6 Å². The normalized spacial score (nSPS) is 22.2. The number of hydrogen-bond acceptors (Lipinski definition) is 4. The summed E-state index contributed by atoms with van der Waals surface area (Å²) in [6.07, 6.45) is 6.44. The minimum Gasteiger partial charge on any atom is -0.356 e. The highest BCUT2D eigenvalue weighted by Crippen LogP contribution is 2.24. The van der Waals surface area contributed by atoms with Gasteiger partial charge in [0.1, 0.15) is 5.82 Å². The molecule has 5 nitrogen and oxygen atoms in total. The van der Waals surface area contributed by atoms with Crippen LogP contribution in [0.5, 0.6) is 0 Å². The molecule has 1 unspecified atom stereocenters. The Labute approximate surface area is 145 Å². The standard InChI is InChI=1S/C19H30N4O/c1-15-5-10-23(14-15)18-13-17(4-9-21-18)19(24)22-11-6-16(7-12-22)3-8-20-2/h4,9,13,15-16,20H,3,5-8,10-12,14H2,1-2H3. The first-order valence-electron chi connectivity index (χ1n) is 9.32. The van der Waals surface area contributed by atoms with E-state index >= 15 is 0 Å². The summed E-state index contributed by atoms with van der Waals surface area (Å²) in [5.41, 5.74) is 0.785. The molecule has 0 aliphatic carbocycles. The van der Waals surface area contributed by atoms with Crippen LogP contribution in [-0.4, -0.2) is 55.6 Å². The predicted octanol–water partition coefficient (Wildman–Crippen LogP) is 2.39. The Morgan fingerprint density at radius 2 is 2.08 bits per heavy atom. The van der Waals surface area contributed by atoms with E-state index in [0.717, 1.165) is 62.9 Å². The fourth-order valence-electron chi connectivity index (χ4n) is 3.82. The molecular weight excluding hydrogens is 300 g/mol. The number of likely N-dealkylation sites (tertiary alicyclic amines) is 1. The molecule has 1 N–H and O–H groups in total. The Kier molecular flexibility index (Phi) is 5.72. The third-order valence-corrected chi connectivity index (χ3v) is 5.44. The minimum atomic E-state index is 0.165. The largest absolute Gasteiger partial charge is 0.356 e. The van der Waals surface area contributed by atoms with Crippen LogP contribution in [0.15, 0.2) is 18.3 Å². The van der Waals surface area contributed by atoms with Crippen molar-refractivity contribution >= 4 is 11.7 Å². The molecule has 3 rings (SSSR count). The van der Waals surface area contributed by atoms with Crippen LogP contribution in [0, 0.1) is 11.8 Å². The van der Waals surface area contributed by atoms with Crippen LogP contribution in [0.1, 0.15) is 43.0 Å². The Morgan fingerprint density at radius 3 is 2.75 bits per heavy atom. The van der Waals surface area contributed by atoms with Crippen LogP contribution in [0.3, 0.4) is 0 Å². The lowest BCUT2D eigenvalue weighted by molar-refractivity contribution is 0.0687. The van der Waals surface area contributed by atoms with Gasteiger partial charge < -0.3 is 15.1 Å². The molecule has 3 heterocycles. The van der Waals surface area contributed by atoms with Gasteiger partial charge >= 0.3 is 0 Å². The molecule has 0 aromatic carbocycles. The van der Waals surface area contributed by atoms with Crippen molar-refractivity contribution in [2.24, 2.45) is 11.8 Å². The number of piperidine rings is 1. The van der Waals surface area contributed by atoms with E-state index in [4.69, 9.17) is 0 Å². The van der Waals surface area contributed by atoms with E-state index in [1.165, 1.54) is 12.8 Å². The second-order valence-corrected chi connectivity index (χ2v) is 7.37. The first kappa shape index (κ1) is 17.2. The Hall–Kier alpha value is -1.62. The van der Waals surface area contributed by atoms with E-state index in [0.29, 0.717) is 5.92 Å². The molecule has 2 saturated heterocycles. The summed E-state index contributed by atoms with van der Waals surface area (Å²) in [6, 6.07) is 3.84. The molecule has 0 bridgehead atoms. The number of rotatable bonds is 5. The van der Waals surface area contributed by atoms with Crippen LogP contribution in [0.4, 0.5) is 5.82 Å². The molecule has 2 fully saturated rings. The van der Waals surface area contributed by atoms with Crippen molar-refractivity contribution in [3.63, 3.8) is 0 Å². The monoisotopic (exact) mass is 330 g/mol. The molecule has 132 valence electrons. The summed E-state index contributed by atoms with van der Waals surface area (Å²) < 4.78 is 0. The Morgan fingerprint density at radius 1 is 1.29 bits per heavy atom. The van der Waals surface area contributed by atoms with Crippen molar-refractivity contribution in [3.05, 3.63) is 23.9 Å². The van der Waals surface area contributed by atoms with Gasteiger partial charge in [-0.2, -0.15) is 0 Å². The lowest BCUT2D eigenvalue weighted by atomic mass is 9.93. The van der Waals surface area contributed by atoms with Crippen molar-refractivity contribution in [1.29, 1.82) is 0 Å². The fraction of sp³-hybridized carbons (Fsp3) is 0.684. The van der Waals surface area contributed by atoms with Crippen LogP contribution in [0.25, 0.3) is 0 Å². The fourth-order valence-corrected chi connectivity index (χ4v) is 3.82. The zero-order valence-corrected chi connectivity index (χ0v) is 15.0. The van der Waals surface area contributed by atoms with Crippen LogP contribution in [0.2, 0.25) is 0 Å². The van der Waals surface area contributed by atoms with Gasteiger partial charge in [-0.15, -0.1) is 0 Å². The van der Waals surface area contributed by atoms with Crippen molar-refractivity contribution < 1.29 is 4.79 Å². The summed E-state index contributed by atoms with van der Waals surface area (Å²) in [5, 5.41) is 3.22. The van der Waals surface area contributed by atoms with Crippen molar-refractivity contribution in [1.82, 2.24) is 15.2 Å². The third-order valence-electron chi connectivity index (χ3n) is 5.44. The van der Waals surface area contributed by atoms with Gasteiger partial charge in [-0.05, 0) is 63.2 Å². The SMILES string of the molecule is CNCCC1CCN(C(=O)c2ccnc(N3CCC(C)C3)c2)CC1. The predicted molar refractivity (Wildman–Crippen MR) is 97.4 cm³/mol. The highest BCUT2D eigenvalue weighted by Gasteiger charge is 2.25. The average molecular weight is 330 g/mol. The number of pyridine rings is 1. The lowest BCUT2D eigenvalue weighted by Crippen LogP contribution is -2.39. The van der Waals surface area contributed by atoms with E-state index in [-0.39, 0.29) is 5.91 Å². The van der Waals surface area contributed by atoms with Crippen LogP contribution in [-0.2, 0) is 0 Å². The maximum atomic E-state index is 12.8. The molecule has 0 radical (unpaired) electrons. The van der Waals surface area contributed by atoms with Crippen molar-refractivity contribution in [3.8, 4) is 0 Å². The summed E-state index contributed by atoms with van der Waals surface area (Å²) >= 11 is 0. The molecule has 2 aliphatic rings. The number of carbonyl (C=O) groups excluding carboxylic acids is 1. The number of carbonyl (C=O) groups is 1. The summed E-state index contributed by atoms with van der Waals surface area (Å²) in [7, 11) is 2.00. The summed E-state index contributed by atoms with van der Waals surface area (Å²) in [6.45, 7) is 7.19. The molecule has 2 aliphatic heterocycles. The van der Waals surface area contributed by atoms with Crippen LogP contribution >= 0.6 is 0 Å². The number of aromatic nitrogens is 1. The first-order chi connectivity index (χ1) is 11.7. The molecule has 1 amide bonds. The number of anilines is 1. The van der Waals surface area contributed by atoms with Gasteiger partial charge in [0.25, 0.3) is 5.91 Å². The molecule has 1 aromatic rings. The number of amides is 1. The molecule has 0 spiro atoms. The molecule has 0 saturated carbocycles. The van der Waals surface area contributed by atoms with Gasteiger partial charge in [0.15, 0.2) is 0 Å².